The number of hydrogen-bond donors (Lipinski definition) is 1. The Morgan fingerprint density at radius 2 is 2.26 bits per heavy atom. The van der Waals surface area contributed by atoms with Crippen molar-refractivity contribution in [2.45, 2.75) is 19.8 Å². The molecule has 1 saturated heterocycles. The summed E-state index contributed by atoms with van der Waals surface area (Å²) < 4.78 is 0. The Morgan fingerprint density at radius 3 is 3.05 bits per heavy atom. The molecule has 2 heterocycles. The van der Waals surface area contributed by atoms with E-state index in [-0.39, 0.29) is 11.2 Å². The first-order valence-corrected chi connectivity index (χ1v) is 6.79. The first kappa shape index (κ1) is 12.3. The van der Waals surface area contributed by atoms with Gasteiger partial charge in [-0.15, -0.1) is 0 Å². The molecule has 1 fully saturated rings. The summed E-state index contributed by atoms with van der Waals surface area (Å²) in [4.78, 5) is 17.0. The molecule has 0 spiro atoms. The molecule has 1 aliphatic rings. The first-order valence-electron chi connectivity index (χ1n) is 6.79. The number of carbonyl (C=O) groups excluding carboxylic acids is 1. The summed E-state index contributed by atoms with van der Waals surface area (Å²) in [6, 6.07) is 9.75. The molecule has 0 bridgehead atoms. The highest BCUT2D eigenvalue weighted by Gasteiger charge is 2.35. The number of Topliss-reactive ketones (excluding diaryl/α,β-unsaturated/α-hetero) is 1. The van der Waals surface area contributed by atoms with Gasteiger partial charge in [0.15, 0.2) is 5.78 Å². The Bertz CT molecular complexity index is 615. The maximum atomic E-state index is 12.7. The molecule has 1 aromatic heterocycles. The number of hydrogen-bond acceptors (Lipinski definition) is 3. The number of nitrogens with zero attached hydrogens (tertiary/aromatic N) is 1. The van der Waals surface area contributed by atoms with Gasteiger partial charge in [-0.1, -0.05) is 25.1 Å². The smallest absolute Gasteiger partial charge is 0.170 e. The molecule has 0 saturated carbocycles. The molecule has 0 amide bonds. The van der Waals surface area contributed by atoms with Crippen LogP contribution >= 0.6 is 0 Å². The Kier molecular flexibility index (Phi) is 3.07. The third-order valence-electron chi connectivity index (χ3n) is 4.01. The van der Waals surface area contributed by atoms with E-state index in [1.807, 2.05) is 30.3 Å². The molecule has 1 N–H and O–H groups in total. The van der Waals surface area contributed by atoms with Crippen LogP contribution < -0.4 is 5.32 Å². The Balaban J connectivity index is 1.97. The van der Waals surface area contributed by atoms with E-state index in [1.54, 1.807) is 6.20 Å². The van der Waals surface area contributed by atoms with Crippen LogP contribution in [0.2, 0.25) is 0 Å². The molecule has 0 aliphatic carbocycles. The molecule has 19 heavy (non-hydrogen) atoms. The Hall–Kier alpha value is -1.74. The van der Waals surface area contributed by atoms with Crippen LogP contribution in [0.3, 0.4) is 0 Å². The fraction of sp³-hybridized carbons (Fsp3) is 0.375. The van der Waals surface area contributed by atoms with Gasteiger partial charge >= 0.3 is 0 Å². The summed E-state index contributed by atoms with van der Waals surface area (Å²) in [5, 5.41) is 4.40. The largest absolute Gasteiger partial charge is 0.316 e. The van der Waals surface area contributed by atoms with Gasteiger partial charge in [0.25, 0.3) is 0 Å². The van der Waals surface area contributed by atoms with Gasteiger partial charge in [0.05, 0.1) is 5.52 Å². The molecule has 98 valence electrons. The van der Waals surface area contributed by atoms with E-state index >= 15 is 0 Å². The lowest BCUT2D eigenvalue weighted by atomic mass is 9.76. The van der Waals surface area contributed by atoms with Gasteiger partial charge in [-0.2, -0.15) is 0 Å². The highest BCUT2D eigenvalue weighted by atomic mass is 16.1. The summed E-state index contributed by atoms with van der Waals surface area (Å²) in [5.41, 5.74) is 1.39. The number of rotatable bonds is 2. The molecular weight excluding hydrogens is 236 g/mol. The van der Waals surface area contributed by atoms with E-state index in [0.717, 1.165) is 42.4 Å². The van der Waals surface area contributed by atoms with E-state index in [4.69, 9.17) is 0 Å². The van der Waals surface area contributed by atoms with E-state index < -0.39 is 0 Å². The van der Waals surface area contributed by atoms with Crippen LogP contribution in [0.5, 0.6) is 0 Å². The van der Waals surface area contributed by atoms with E-state index in [1.165, 1.54) is 0 Å². The summed E-state index contributed by atoms with van der Waals surface area (Å²) in [6.45, 7) is 3.85. The third-order valence-corrected chi connectivity index (χ3v) is 4.01. The molecule has 1 aliphatic heterocycles. The second kappa shape index (κ2) is 4.74. The minimum Gasteiger partial charge on any atom is -0.316 e. The predicted octanol–water partition coefficient (Wildman–Crippen LogP) is 2.81. The second-order valence-electron chi connectivity index (χ2n) is 5.58. The number of fused-ring (bicyclic) bond motifs is 1. The Labute approximate surface area is 113 Å². The average Bonchev–Trinajstić information content (AvgIpc) is 2.47. The Morgan fingerprint density at radius 1 is 1.37 bits per heavy atom. The van der Waals surface area contributed by atoms with Crippen LogP contribution in [0.15, 0.2) is 36.5 Å². The summed E-state index contributed by atoms with van der Waals surface area (Å²) in [5.74, 6) is 0.229. The number of carbonyl (C=O) groups is 1. The van der Waals surface area contributed by atoms with Gasteiger partial charge in [0.1, 0.15) is 0 Å². The summed E-state index contributed by atoms with van der Waals surface area (Å²) >= 11 is 0. The van der Waals surface area contributed by atoms with Crippen molar-refractivity contribution in [3.63, 3.8) is 0 Å². The molecule has 1 unspecified atom stereocenters. The minimum absolute atomic E-state index is 0.229. The molecule has 3 heteroatoms. The van der Waals surface area contributed by atoms with Gasteiger partial charge in [-0.25, -0.2) is 0 Å². The number of pyridine rings is 1. The van der Waals surface area contributed by atoms with Crippen LogP contribution in [0.4, 0.5) is 0 Å². The molecule has 1 aromatic carbocycles. The molecule has 3 rings (SSSR count). The van der Waals surface area contributed by atoms with Crippen molar-refractivity contribution >= 4 is 16.7 Å². The molecule has 1 atom stereocenters. The van der Waals surface area contributed by atoms with Crippen molar-refractivity contribution in [1.29, 1.82) is 0 Å². The van der Waals surface area contributed by atoms with Crippen molar-refractivity contribution in [3.8, 4) is 0 Å². The topological polar surface area (TPSA) is 42.0 Å². The fourth-order valence-corrected chi connectivity index (χ4v) is 2.81. The minimum atomic E-state index is -0.277. The van der Waals surface area contributed by atoms with Crippen LogP contribution in [-0.4, -0.2) is 23.9 Å². The van der Waals surface area contributed by atoms with Gasteiger partial charge in [-0.05, 0) is 31.5 Å². The second-order valence-corrected chi connectivity index (χ2v) is 5.58. The third kappa shape index (κ3) is 2.26. The van der Waals surface area contributed by atoms with Crippen molar-refractivity contribution in [3.05, 3.63) is 42.1 Å². The molecule has 0 radical (unpaired) electrons. The average molecular weight is 254 g/mol. The number of piperidine rings is 1. The van der Waals surface area contributed by atoms with E-state index in [9.17, 15) is 4.79 Å². The van der Waals surface area contributed by atoms with Crippen molar-refractivity contribution in [2.24, 2.45) is 5.41 Å². The highest BCUT2D eigenvalue weighted by Crippen LogP contribution is 2.30. The predicted molar refractivity (Wildman–Crippen MR) is 76.3 cm³/mol. The van der Waals surface area contributed by atoms with Crippen molar-refractivity contribution < 1.29 is 4.79 Å². The molecule has 2 aromatic rings. The quantitative estimate of drug-likeness (QED) is 0.838. The fourth-order valence-electron chi connectivity index (χ4n) is 2.81. The molecule has 3 nitrogen and oxygen atoms in total. The normalized spacial score (nSPS) is 23.4. The van der Waals surface area contributed by atoms with Crippen LogP contribution in [0.1, 0.15) is 30.1 Å². The van der Waals surface area contributed by atoms with Gasteiger partial charge in [-0.3, -0.25) is 9.78 Å². The van der Waals surface area contributed by atoms with Crippen molar-refractivity contribution in [2.75, 3.05) is 13.1 Å². The summed E-state index contributed by atoms with van der Waals surface area (Å²) in [7, 11) is 0. The number of ketones is 1. The van der Waals surface area contributed by atoms with Gasteiger partial charge < -0.3 is 5.32 Å². The lowest BCUT2D eigenvalue weighted by molar-refractivity contribution is 0.0773. The van der Waals surface area contributed by atoms with Crippen LogP contribution in [-0.2, 0) is 0 Å². The maximum Gasteiger partial charge on any atom is 0.170 e. The lowest BCUT2D eigenvalue weighted by Gasteiger charge is -2.32. The van der Waals surface area contributed by atoms with E-state index in [2.05, 4.69) is 17.2 Å². The zero-order valence-electron chi connectivity index (χ0n) is 11.1. The zero-order chi connectivity index (χ0) is 13.3. The van der Waals surface area contributed by atoms with Crippen molar-refractivity contribution in [1.82, 2.24) is 10.3 Å². The van der Waals surface area contributed by atoms with E-state index in [0.29, 0.717) is 0 Å². The lowest BCUT2D eigenvalue weighted by Crippen LogP contribution is -2.43. The van der Waals surface area contributed by atoms with Gasteiger partial charge in [0.2, 0.25) is 0 Å². The first-order chi connectivity index (χ1) is 9.19. The summed E-state index contributed by atoms with van der Waals surface area (Å²) in [6.07, 6.45) is 3.79. The monoisotopic (exact) mass is 254 g/mol. The van der Waals surface area contributed by atoms with Crippen LogP contribution in [0.25, 0.3) is 10.9 Å². The standard InChI is InChI=1S/C16H18N2O/c1-16(7-3-8-17-11-16)15(19)13-6-5-12-4-2-9-18-14(12)10-13/h2,4-6,9-10,17H,3,7-8,11H2,1H3. The molecular formula is C16H18N2O. The van der Waals surface area contributed by atoms with Gasteiger partial charge in [0, 0.05) is 29.1 Å². The number of aromatic nitrogens is 1. The van der Waals surface area contributed by atoms with Crippen LogP contribution in [0, 0.1) is 5.41 Å². The maximum absolute atomic E-state index is 12.7. The number of nitrogens with one attached hydrogen (secondary N) is 1. The SMILES string of the molecule is CC1(C(=O)c2ccc3cccnc3c2)CCCNC1. The highest BCUT2D eigenvalue weighted by molar-refractivity contribution is 6.02. The number of benzene rings is 1. The zero-order valence-corrected chi connectivity index (χ0v) is 11.1.